The molecule has 0 unspecified atom stereocenters. The van der Waals surface area contributed by atoms with Crippen LogP contribution < -0.4 is 15.6 Å². The summed E-state index contributed by atoms with van der Waals surface area (Å²) in [7, 11) is 1.57. The molecule has 168 valence electrons. The van der Waals surface area contributed by atoms with E-state index in [1.807, 2.05) is 43.3 Å². The van der Waals surface area contributed by atoms with Crippen LogP contribution in [0.25, 0.3) is 27.8 Å². The number of aromatic nitrogens is 2. The fourth-order valence-corrected chi connectivity index (χ4v) is 3.86. The Kier molecular flexibility index (Phi) is 5.43. The summed E-state index contributed by atoms with van der Waals surface area (Å²) >= 11 is 0. The number of hydrogen-bond acceptors (Lipinski definition) is 5. The number of oxazole rings is 1. The van der Waals surface area contributed by atoms with Crippen LogP contribution in [0.5, 0.6) is 5.75 Å². The summed E-state index contributed by atoms with van der Waals surface area (Å²) in [5.41, 5.74) is 3.23. The fraction of sp³-hybridized carbons (Fsp3) is 0.0741. The number of benzene rings is 3. The molecule has 7 heteroatoms. The Balaban J connectivity index is 1.48. The Morgan fingerprint density at radius 2 is 1.94 bits per heavy atom. The number of nitrogens with one attached hydrogen (secondary N) is 1. The van der Waals surface area contributed by atoms with Crippen LogP contribution in [0, 0.1) is 6.92 Å². The van der Waals surface area contributed by atoms with Crippen molar-refractivity contribution in [2.45, 2.75) is 6.92 Å². The smallest absolute Gasteiger partial charge is 0.263 e. The number of fused-ring (bicyclic) bond motifs is 1. The number of pyridine rings is 1. The number of carbonyl (C=O) groups excluding carboxylic acids is 1. The lowest BCUT2D eigenvalue weighted by Gasteiger charge is -2.13. The lowest BCUT2D eigenvalue weighted by molar-refractivity contribution is 0.102. The highest BCUT2D eigenvalue weighted by Gasteiger charge is 2.12. The predicted octanol–water partition coefficient (Wildman–Crippen LogP) is 5.22. The molecule has 5 rings (SSSR count). The molecule has 0 saturated heterocycles. The molecule has 2 aromatic heterocycles. The minimum Gasteiger partial charge on any atom is -0.497 e. The minimum atomic E-state index is -0.272. The first-order chi connectivity index (χ1) is 16.5. The van der Waals surface area contributed by atoms with Crippen LogP contribution in [0.2, 0.25) is 0 Å². The Labute approximate surface area is 195 Å². The van der Waals surface area contributed by atoms with Crippen molar-refractivity contribution in [3.05, 3.63) is 107 Å². The number of nitrogens with zero attached hydrogens (tertiary/aromatic N) is 2. The average molecular weight is 451 g/mol. The molecule has 0 aliphatic rings. The Hall–Kier alpha value is -4.65. The summed E-state index contributed by atoms with van der Waals surface area (Å²) in [5, 5.41) is 4.31. The van der Waals surface area contributed by atoms with Crippen LogP contribution in [0.15, 0.2) is 94.7 Å². The molecule has 0 spiro atoms. The zero-order chi connectivity index (χ0) is 23.7. The molecule has 1 N–H and O–H groups in total. The number of ether oxygens (including phenoxy) is 1. The lowest BCUT2D eigenvalue weighted by Crippen LogP contribution is -2.19. The number of anilines is 1. The number of methoxy groups -OCH3 is 1. The number of rotatable bonds is 5. The molecule has 7 nitrogen and oxygen atoms in total. The number of aryl methyl sites for hydroxylation is 1. The minimum absolute atomic E-state index is 0.164. The highest BCUT2D eigenvalue weighted by molar-refractivity contribution is 6.05. The van der Waals surface area contributed by atoms with E-state index in [-0.39, 0.29) is 11.5 Å². The zero-order valence-electron chi connectivity index (χ0n) is 18.6. The number of hydrogen-bond donors (Lipinski definition) is 1. The van der Waals surface area contributed by atoms with Gasteiger partial charge in [0.2, 0.25) is 0 Å². The van der Waals surface area contributed by atoms with Gasteiger partial charge in [-0.2, -0.15) is 0 Å². The van der Waals surface area contributed by atoms with E-state index in [2.05, 4.69) is 10.3 Å². The van der Waals surface area contributed by atoms with Crippen molar-refractivity contribution in [3.63, 3.8) is 0 Å². The van der Waals surface area contributed by atoms with Gasteiger partial charge in [0.25, 0.3) is 11.5 Å². The maximum Gasteiger partial charge on any atom is 0.263 e. The van der Waals surface area contributed by atoms with Crippen LogP contribution >= 0.6 is 0 Å². The molecule has 1 amide bonds. The van der Waals surface area contributed by atoms with Gasteiger partial charge in [-0.1, -0.05) is 24.3 Å². The number of amides is 1. The first-order valence-electron chi connectivity index (χ1n) is 10.6. The van der Waals surface area contributed by atoms with E-state index in [4.69, 9.17) is 9.15 Å². The maximum absolute atomic E-state index is 13.3. The van der Waals surface area contributed by atoms with Gasteiger partial charge in [0.05, 0.1) is 24.4 Å². The molecule has 0 aliphatic carbocycles. The summed E-state index contributed by atoms with van der Waals surface area (Å²) in [6, 6.07) is 19.9. The van der Waals surface area contributed by atoms with Crippen molar-refractivity contribution in [1.82, 2.24) is 9.55 Å². The fourth-order valence-electron chi connectivity index (χ4n) is 3.86. The summed E-state index contributed by atoms with van der Waals surface area (Å²) < 4.78 is 12.2. The van der Waals surface area contributed by atoms with E-state index < -0.39 is 0 Å². The maximum atomic E-state index is 13.3. The third-order valence-electron chi connectivity index (χ3n) is 5.68. The molecule has 3 aromatic carbocycles. The second kappa shape index (κ2) is 8.71. The summed E-state index contributed by atoms with van der Waals surface area (Å²) in [4.78, 5) is 30.1. The molecule has 0 atom stereocenters. The standard InChI is InChI=1S/C27H21N3O4/c1-17-6-8-21(29-26(31)20-5-3-4-19(12-20)25-15-28-16-34-25)13-24(17)30-11-10-18-7-9-22(33-2)14-23(18)27(30)32/h3-16H,1-2H3,(H,29,31). The monoisotopic (exact) mass is 451 g/mol. The van der Waals surface area contributed by atoms with Gasteiger partial charge >= 0.3 is 0 Å². The average Bonchev–Trinajstić information content (AvgIpc) is 3.41. The van der Waals surface area contributed by atoms with Gasteiger partial charge in [0.15, 0.2) is 12.2 Å². The van der Waals surface area contributed by atoms with Crippen LogP contribution in [0.4, 0.5) is 5.69 Å². The van der Waals surface area contributed by atoms with Gasteiger partial charge in [-0.05, 0) is 60.3 Å². The molecule has 0 fully saturated rings. The third-order valence-corrected chi connectivity index (χ3v) is 5.68. The van der Waals surface area contributed by atoms with E-state index in [0.29, 0.717) is 33.8 Å². The highest BCUT2D eigenvalue weighted by atomic mass is 16.5. The predicted molar refractivity (Wildman–Crippen MR) is 131 cm³/mol. The van der Waals surface area contributed by atoms with Crippen LogP contribution in [0.3, 0.4) is 0 Å². The Bertz CT molecular complexity index is 1570. The van der Waals surface area contributed by atoms with Gasteiger partial charge in [-0.15, -0.1) is 0 Å². The second-order valence-corrected chi connectivity index (χ2v) is 7.85. The SMILES string of the molecule is COc1ccc2ccn(-c3cc(NC(=O)c4cccc(-c5cnco5)c4)ccc3C)c(=O)c2c1. The second-order valence-electron chi connectivity index (χ2n) is 7.85. The van der Waals surface area contributed by atoms with E-state index in [9.17, 15) is 9.59 Å². The molecule has 0 radical (unpaired) electrons. The third kappa shape index (κ3) is 3.95. The molecule has 0 bridgehead atoms. The summed E-state index contributed by atoms with van der Waals surface area (Å²) in [6.45, 7) is 1.92. The van der Waals surface area contributed by atoms with Gasteiger partial charge in [0, 0.05) is 23.0 Å². The molecular weight excluding hydrogens is 430 g/mol. The topological polar surface area (TPSA) is 86.4 Å². The van der Waals surface area contributed by atoms with Crippen LogP contribution in [-0.4, -0.2) is 22.6 Å². The van der Waals surface area contributed by atoms with E-state index in [0.717, 1.165) is 16.5 Å². The van der Waals surface area contributed by atoms with Gasteiger partial charge < -0.3 is 14.5 Å². The first-order valence-corrected chi connectivity index (χ1v) is 10.6. The van der Waals surface area contributed by atoms with Crippen LogP contribution in [0.1, 0.15) is 15.9 Å². The zero-order valence-corrected chi connectivity index (χ0v) is 18.6. The van der Waals surface area contributed by atoms with Crippen LogP contribution in [-0.2, 0) is 0 Å². The van der Waals surface area contributed by atoms with Gasteiger partial charge in [-0.25, -0.2) is 4.98 Å². The van der Waals surface area contributed by atoms with E-state index in [1.165, 1.54) is 6.39 Å². The molecule has 0 aliphatic heterocycles. The Morgan fingerprint density at radius 1 is 1.06 bits per heavy atom. The van der Waals surface area contributed by atoms with E-state index in [1.54, 1.807) is 54.4 Å². The summed E-state index contributed by atoms with van der Waals surface area (Å²) in [5.74, 6) is 0.930. The van der Waals surface area contributed by atoms with Gasteiger partial charge in [-0.3, -0.25) is 14.2 Å². The van der Waals surface area contributed by atoms with Crippen molar-refractivity contribution in [2.75, 3.05) is 12.4 Å². The first kappa shape index (κ1) is 21.2. The van der Waals surface area contributed by atoms with Crippen molar-refractivity contribution in [1.29, 1.82) is 0 Å². The van der Waals surface area contributed by atoms with E-state index >= 15 is 0 Å². The number of carbonyl (C=O) groups is 1. The van der Waals surface area contributed by atoms with Crippen molar-refractivity contribution in [2.24, 2.45) is 0 Å². The van der Waals surface area contributed by atoms with Crippen molar-refractivity contribution in [3.8, 4) is 22.8 Å². The molecule has 34 heavy (non-hydrogen) atoms. The van der Waals surface area contributed by atoms with Crippen molar-refractivity contribution >= 4 is 22.4 Å². The summed E-state index contributed by atoms with van der Waals surface area (Å²) in [6.07, 6.45) is 4.69. The largest absolute Gasteiger partial charge is 0.497 e. The Morgan fingerprint density at radius 3 is 2.74 bits per heavy atom. The lowest BCUT2D eigenvalue weighted by atomic mass is 10.1. The van der Waals surface area contributed by atoms with Crippen molar-refractivity contribution < 1.29 is 13.9 Å². The normalized spacial score (nSPS) is 10.9. The molecule has 0 saturated carbocycles. The quantitative estimate of drug-likeness (QED) is 0.396. The molecule has 5 aromatic rings. The molecule has 2 heterocycles. The highest BCUT2D eigenvalue weighted by Crippen LogP contribution is 2.23. The van der Waals surface area contributed by atoms with Gasteiger partial charge in [0.1, 0.15) is 5.75 Å². The molecular formula is C27H21N3O4.